The monoisotopic (exact) mass is 566 g/mol. The number of nitrogens with zero attached hydrogens (tertiary/aromatic N) is 2. The summed E-state index contributed by atoms with van der Waals surface area (Å²) < 4.78 is 23.8. The zero-order valence-electron chi connectivity index (χ0n) is 23.4. The molecule has 0 atom stereocenters. The van der Waals surface area contributed by atoms with Gasteiger partial charge in [-0.05, 0) is 69.0 Å². The minimum atomic E-state index is -0.525. The highest BCUT2D eigenvalue weighted by molar-refractivity contribution is 7.98. The van der Waals surface area contributed by atoms with E-state index in [9.17, 15) is 18.8 Å². The summed E-state index contributed by atoms with van der Waals surface area (Å²) in [6.45, 7) is 10.2. The van der Waals surface area contributed by atoms with Crippen LogP contribution in [0.3, 0.4) is 0 Å². The van der Waals surface area contributed by atoms with Crippen molar-refractivity contribution in [1.82, 2.24) is 18.8 Å². The van der Waals surface area contributed by atoms with Gasteiger partial charge in [-0.15, -0.1) is 0 Å². The first kappa shape index (κ1) is 29.2. The molecule has 2 aromatic heterocycles. The zero-order chi connectivity index (χ0) is 29.0. The average molecular weight is 567 g/mol. The number of halogens is 1. The van der Waals surface area contributed by atoms with E-state index in [4.69, 9.17) is 0 Å². The average Bonchev–Trinajstić information content (AvgIpc) is 3.77. The number of aromatic amines is 1. The highest BCUT2D eigenvalue weighted by atomic mass is 32.2. The van der Waals surface area contributed by atoms with Gasteiger partial charge in [0, 0.05) is 36.0 Å². The van der Waals surface area contributed by atoms with Crippen molar-refractivity contribution in [3.63, 3.8) is 0 Å². The molecule has 40 heavy (non-hydrogen) atoms. The summed E-state index contributed by atoms with van der Waals surface area (Å²) in [4.78, 5) is 43.3. The molecule has 4 N–H and O–H groups in total. The predicted octanol–water partition coefficient (Wildman–Crippen LogP) is 5.68. The quantitative estimate of drug-likeness (QED) is 0.152. The van der Waals surface area contributed by atoms with Crippen LogP contribution >= 0.6 is 12.1 Å². The first-order valence-electron chi connectivity index (χ1n) is 13.5. The highest BCUT2D eigenvalue weighted by Gasteiger charge is 2.31. The van der Waals surface area contributed by atoms with Gasteiger partial charge in [0.2, 0.25) is 0 Å². The highest BCUT2D eigenvalue weighted by Crippen LogP contribution is 2.34. The first-order chi connectivity index (χ1) is 19.3. The molecule has 1 aliphatic carbocycles. The summed E-state index contributed by atoms with van der Waals surface area (Å²) in [6.07, 6.45) is 2.40. The maximum Gasteiger partial charge on any atom is 0.336 e. The molecule has 11 heteroatoms. The van der Waals surface area contributed by atoms with Crippen molar-refractivity contribution in [3.8, 4) is 5.69 Å². The van der Waals surface area contributed by atoms with E-state index in [0.717, 1.165) is 24.2 Å². The Kier molecular flexibility index (Phi) is 9.16. The number of nitrogens with one attached hydrogen (secondary N) is 4. The SMILES string of the molecule is CC.CCCNSNc1cccc(-n2c(=O)n(C3CC3)c(=O)c3c(Nc4ccc(C)cc4F)[nH]c(=O)c(C)c32)c1. The summed E-state index contributed by atoms with van der Waals surface area (Å²) in [6, 6.07) is 11.6. The van der Waals surface area contributed by atoms with Crippen LogP contribution in [0, 0.1) is 19.7 Å². The van der Waals surface area contributed by atoms with E-state index in [1.165, 1.54) is 27.3 Å². The van der Waals surface area contributed by atoms with Crippen LogP contribution in [-0.4, -0.2) is 20.7 Å². The third-order valence-corrected chi connectivity index (χ3v) is 7.15. The second kappa shape index (κ2) is 12.6. The standard InChI is InChI=1S/C27H29FN6O3S.C2H6/c1-4-12-29-38-32-17-6-5-7-19(14-17)33-23-16(3)25(35)31-24(30-21-11-8-15(2)13-20(21)28)22(23)26(36)34(27(33)37)18-9-10-18;1-2/h5-8,11,13-14,18,29,32H,4,9-10,12H2,1-3H3,(H2,30,31,35);1-2H3. The molecular weight excluding hydrogens is 531 g/mol. The van der Waals surface area contributed by atoms with Crippen molar-refractivity contribution in [2.24, 2.45) is 0 Å². The van der Waals surface area contributed by atoms with Gasteiger partial charge in [-0.2, -0.15) is 0 Å². The molecule has 0 aliphatic heterocycles. The molecule has 1 aliphatic rings. The fraction of sp³-hybridized carbons (Fsp3) is 0.345. The molecule has 1 saturated carbocycles. The van der Waals surface area contributed by atoms with Crippen molar-refractivity contribution < 1.29 is 4.39 Å². The van der Waals surface area contributed by atoms with Gasteiger partial charge in [0.1, 0.15) is 17.0 Å². The maximum atomic E-state index is 14.7. The summed E-state index contributed by atoms with van der Waals surface area (Å²) in [7, 11) is 0. The van der Waals surface area contributed by atoms with Crippen LogP contribution in [0.5, 0.6) is 0 Å². The van der Waals surface area contributed by atoms with Crippen LogP contribution in [0.25, 0.3) is 16.6 Å². The van der Waals surface area contributed by atoms with Crippen molar-refractivity contribution in [3.05, 3.63) is 90.6 Å². The first-order valence-corrected chi connectivity index (χ1v) is 14.3. The molecule has 2 aromatic carbocycles. The molecule has 0 bridgehead atoms. The molecule has 9 nitrogen and oxygen atoms in total. The fourth-order valence-corrected chi connectivity index (χ4v) is 5.01. The predicted molar refractivity (Wildman–Crippen MR) is 163 cm³/mol. The Balaban J connectivity index is 0.00000181. The Morgan fingerprint density at radius 1 is 1.07 bits per heavy atom. The van der Waals surface area contributed by atoms with E-state index in [1.807, 2.05) is 19.9 Å². The Morgan fingerprint density at radius 2 is 1.82 bits per heavy atom. The van der Waals surface area contributed by atoms with Crippen LogP contribution in [-0.2, 0) is 0 Å². The minimum Gasteiger partial charge on any atom is -0.339 e. The fourth-order valence-electron chi connectivity index (χ4n) is 4.38. The number of anilines is 3. The Labute approximate surface area is 236 Å². The van der Waals surface area contributed by atoms with Crippen molar-refractivity contribution in [2.75, 3.05) is 16.6 Å². The van der Waals surface area contributed by atoms with Gasteiger partial charge in [-0.3, -0.25) is 18.7 Å². The lowest BCUT2D eigenvalue weighted by atomic mass is 10.1. The normalized spacial score (nSPS) is 12.7. The lowest BCUT2D eigenvalue weighted by Crippen LogP contribution is -2.40. The largest absolute Gasteiger partial charge is 0.339 e. The van der Waals surface area contributed by atoms with Gasteiger partial charge in [-0.1, -0.05) is 32.9 Å². The molecule has 0 unspecified atom stereocenters. The van der Waals surface area contributed by atoms with Crippen LogP contribution in [0.4, 0.5) is 21.6 Å². The van der Waals surface area contributed by atoms with E-state index in [2.05, 4.69) is 26.7 Å². The van der Waals surface area contributed by atoms with E-state index >= 15 is 0 Å². The number of fused-ring (bicyclic) bond motifs is 1. The Morgan fingerprint density at radius 3 is 2.50 bits per heavy atom. The smallest absolute Gasteiger partial charge is 0.336 e. The summed E-state index contributed by atoms with van der Waals surface area (Å²) in [5, 5.41) is 3.02. The van der Waals surface area contributed by atoms with Crippen molar-refractivity contribution in [2.45, 2.75) is 59.9 Å². The van der Waals surface area contributed by atoms with E-state index in [0.29, 0.717) is 18.5 Å². The molecule has 2 heterocycles. The lowest BCUT2D eigenvalue weighted by molar-refractivity contribution is 0.630. The number of rotatable bonds is 9. The molecule has 0 saturated heterocycles. The molecule has 0 radical (unpaired) electrons. The Hall–Kier alpha value is -3.83. The van der Waals surface area contributed by atoms with Gasteiger partial charge in [0.15, 0.2) is 0 Å². The summed E-state index contributed by atoms with van der Waals surface area (Å²) in [5.41, 5.74) is 0.948. The second-order valence-electron chi connectivity index (χ2n) is 9.46. The van der Waals surface area contributed by atoms with Gasteiger partial charge in [0.25, 0.3) is 11.1 Å². The van der Waals surface area contributed by atoms with Crippen LogP contribution in [0.2, 0.25) is 0 Å². The minimum absolute atomic E-state index is 0.0418. The number of aromatic nitrogens is 3. The number of H-pyrrole nitrogens is 1. The molecule has 212 valence electrons. The van der Waals surface area contributed by atoms with Gasteiger partial charge in [-0.25, -0.2) is 13.9 Å². The maximum absolute atomic E-state index is 14.7. The third kappa shape index (κ3) is 5.85. The summed E-state index contributed by atoms with van der Waals surface area (Å²) >= 11 is 1.33. The Bertz CT molecular complexity index is 1710. The number of benzene rings is 2. The molecular formula is C29H35FN6O3S. The number of hydrogen-bond acceptors (Lipinski definition) is 7. The van der Waals surface area contributed by atoms with Gasteiger partial charge >= 0.3 is 5.69 Å². The molecule has 5 rings (SSSR count). The van der Waals surface area contributed by atoms with Gasteiger partial charge < -0.3 is 15.0 Å². The van der Waals surface area contributed by atoms with E-state index in [1.54, 1.807) is 44.2 Å². The van der Waals surface area contributed by atoms with E-state index in [-0.39, 0.29) is 34.0 Å². The molecule has 0 amide bonds. The van der Waals surface area contributed by atoms with Crippen molar-refractivity contribution in [1.29, 1.82) is 0 Å². The van der Waals surface area contributed by atoms with Crippen LogP contribution in [0.15, 0.2) is 56.8 Å². The topological polar surface area (TPSA) is 113 Å². The zero-order valence-corrected chi connectivity index (χ0v) is 24.2. The van der Waals surface area contributed by atoms with Crippen molar-refractivity contribution >= 4 is 40.2 Å². The van der Waals surface area contributed by atoms with Crippen LogP contribution in [0.1, 0.15) is 57.2 Å². The van der Waals surface area contributed by atoms with E-state index < -0.39 is 22.6 Å². The number of pyridine rings is 1. The number of hydrogen-bond donors (Lipinski definition) is 4. The molecule has 4 aromatic rings. The molecule has 1 fully saturated rings. The second-order valence-corrected chi connectivity index (χ2v) is 10.2. The van der Waals surface area contributed by atoms with Crippen LogP contribution < -0.4 is 31.6 Å². The summed E-state index contributed by atoms with van der Waals surface area (Å²) in [5.74, 6) is -0.483. The third-order valence-electron chi connectivity index (χ3n) is 6.47. The van der Waals surface area contributed by atoms with Gasteiger partial charge in [0.05, 0.1) is 16.9 Å². The number of aryl methyl sites for hydroxylation is 2. The molecule has 0 spiro atoms. The lowest BCUT2D eigenvalue weighted by Gasteiger charge is -2.19.